The van der Waals surface area contributed by atoms with Crippen LogP contribution in [0.5, 0.6) is 0 Å². The van der Waals surface area contributed by atoms with Gasteiger partial charge >= 0.3 is 12.1 Å². The fraction of sp³-hybridized carbons (Fsp3) is 0.304. The summed E-state index contributed by atoms with van der Waals surface area (Å²) in [4.78, 5) is 32.8. The van der Waals surface area contributed by atoms with Gasteiger partial charge in [-0.1, -0.05) is 25.9 Å². The minimum atomic E-state index is -0.705. The summed E-state index contributed by atoms with van der Waals surface area (Å²) < 4.78 is 19.6. The van der Waals surface area contributed by atoms with Gasteiger partial charge < -0.3 is 15.2 Å². The maximum atomic E-state index is 14.5. The first-order valence-electron chi connectivity index (χ1n) is 10.6. The molecule has 0 atom stereocenters. The first kappa shape index (κ1) is 23.0. The van der Waals surface area contributed by atoms with E-state index in [0.29, 0.717) is 17.2 Å². The number of carbonyl (C=O) groups is 2. The van der Waals surface area contributed by atoms with Crippen molar-refractivity contribution in [3.05, 3.63) is 53.6 Å². The molecular weight excluding hydrogens is 441 g/mol. The van der Waals surface area contributed by atoms with Crippen molar-refractivity contribution in [3.63, 3.8) is 0 Å². The Morgan fingerprint density at radius 2 is 1.94 bits per heavy atom. The van der Waals surface area contributed by atoms with Gasteiger partial charge in [0.25, 0.3) is 0 Å². The van der Waals surface area contributed by atoms with E-state index in [2.05, 4.69) is 26.1 Å². The number of carbonyl (C=O) groups excluding carboxylic acids is 2. The third-order valence-corrected chi connectivity index (χ3v) is 5.45. The second-order valence-electron chi connectivity index (χ2n) is 8.95. The Kier molecular flexibility index (Phi) is 5.86. The summed E-state index contributed by atoms with van der Waals surface area (Å²) in [5, 5.41) is 11.8. The quantitative estimate of drug-likeness (QED) is 0.509. The molecule has 0 spiro atoms. The molecule has 11 heteroatoms. The van der Waals surface area contributed by atoms with Crippen molar-refractivity contribution in [3.8, 4) is 0 Å². The molecule has 4 rings (SSSR count). The monoisotopic (exact) mass is 467 g/mol. The van der Waals surface area contributed by atoms with Crippen molar-refractivity contribution in [1.29, 1.82) is 0 Å². The SMILES string of the molecule is CNc1cc2c(cn1)CN(c1ccc(F)c(NC(=O)Nc3cc(C(C)(C)C)no3)c1)C(=O)N2C. The summed E-state index contributed by atoms with van der Waals surface area (Å²) in [6, 6.07) is 6.49. The molecule has 0 unspecified atom stereocenters. The minimum Gasteiger partial charge on any atom is -0.373 e. The molecule has 3 heterocycles. The third-order valence-electron chi connectivity index (χ3n) is 5.45. The van der Waals surface area contributed by atoms with E-state index in [9.17, 15) is 14.0 Å². The standard InChI is InChI=1S/C23H26FN7O3/c1-23(2,3)18-10-20(34-29-18)28-21(32)27-16-8-14(6-7-15(16)24)31-12-13-11-26-19(25-4)9-17(13)30(5)22(31)33/h6-11H,12H2,1-5H3,(H,25,26)(H2,27,28,32). The highest BCUT2D eigenvalue weighted by Gasteiger charge is 2.30. The highest BCUT2D eigenvalue weighted by molar-refractivity contribution is 6.06. The lowest BCUT2D eigenvalue weighted by Gasteiger charge is -2.35. The molecule has 0 saturated heterocycles. The minimum absolute atomic E-state index is 0.0875. The van der Waals surface area contributed by atoms with Crippen molar-refractivity contribution in [2.24, 2.45) is 0 Å². The van der Waals surface area contributed by atoms with E-state index >= 15 is 0 Å². The number of amides is 4. The average molecular weight is 468 g/mol. The molecule has 1 aliphatic rings. The van der Waals surface area contributed by atoms with E-state index in [1.54, 1.807) is 32.4 Å². The Morgan fingerprint density at radius 1 is 1.18 bits per heavy atom. The fourth-order valence-corrected chi connectivity index (χ4v) is 3.50. The summed E-state index contributed by atoms with van der Waals surface area (Å²) in [7, 11) is 3.41. The number of aromatic nitrogens is 2. The molecule has 1 aliphatic heterocycles. The number of halogens is 1. The van der Waals surface area contributed by atoms with Crippen LogP contribution >= 0.6 is 0 Å². The van der Waals surface area contributed by atoms with Gasteiger partial charge in [0.2, 0.25) is 5.88 Å². The van der Waals surface area contributed by atoms with Crippen LogP contribution in [-0.2, 0) is 12.0 Å². The number of nitrogens with zero attached hydrogens (tertiary/aromatic N) is 4. The van der Waals surface area contributed by atoms with Gasteiger partial charge in [-0.15, -0.1) is 0 Å². The molecule has 0 saturated carbocycles. The lowest BCUT2D eigenvalue weighted by Crippen LogP contribution is -2.45. The molecule has 10 nitrogen and oxygen atoms in total. The number of fused-ring (bicyclic) bond motifs is 1. The van der Waals surface area contributed by atoms with Crippen LogP contribution in [0.1, 0.15) is 32.0 Å². The summed E-state index contributed by atoms with van der Waals surface area (Å²) in [5.74, 6) is 0.134. The van der Waals surface area contributed by atoms with Crippen LogP contribution in [0.15, 0.2) is 41.1 Å². The van der Waals surface area contributed by atoms with Gasteiger partial charge in [-0.25, -0.2) is 19.0 Å². The van der Waals surface area contributed by atoms with Crippen LogP contribution in [0.2, 0.25) is 0 Å². The number of anilines is 5. The second-order valence-corrected chi connectivity index (χ2v) is 8.95. The molecule has 0 radical (unpaired) electrons. The Bertz CT molecular complexity index is 1250. The molecule has 0 fully saturated rings. The average Bonchev–Trinajstić information content (AvgIpc) is 3.26. The number of rotatable bonds is 4. The number of benzene rings is 1. The van der Waals surface area contributed by atoms with Gasteiger partial charge in [0.05, 0.1) is 23.6 Å². The van der Waals surface area contributed by atoms with Gasteiger partial charge in [-0.3, -0.25) is 15.1 Å². The van der Waals surface area contributed by atoms with Gasteiger partial charge in [-0.05, 0) is 18.2 Å². The van der Waals surface area contributed by atoms with Gasteiger partial charge in [0, 0.05) is 49.1 Å². The fourth-order valence-electron chi connectivity index (χ4n) is 3.50. The first-order valence-corrected chi connectivity index (χ1v) is 10.6. The maximum absolute atomic E-state index is 14.5. The Hall–Kier alpha value is -4.15. The summed E-state index contributed by atoms with van der Waals surface area (Å²) in [6.45, 7) is 6.13. The zero-order valence-corrected chi connectivity index (χ0v) is 19.6. The molecule has 3 aromatic rings. The molecule has 1 aromatic carbocycles. The normalized spacial score (nSPS) is 13.5. The molecule has 4 amide bonds. The van der Waals surface area contributed by atoms with Crippen molar-refractivity contribution < 1.29 is 18.5 Å². The van der Waals surface area contributed by atoms with Crippen LogP contribution < -0.4 is 25.8 Å². The van der Waals surface area contributed by atoms with E-state index in [4.69, 9.17) is 4.52 Å². The number of nitrogens with one attached hydrogen (secondary N) is 3. The van der Waals surface area contributed by atoms with E-state index in [1.165, 1.54) is 28.0 Å². The summed E-state index contributed by atoms with van der Waals surface area (Å²) in [6.07, 6.45) is 1.69. The molecule has 2 aromatic heterocycles. The predicted octanol–water partition coefficient (Wildman–Crippen LogP) is 4.77. The highest BCUT2D eigenvalue weighted by atomic mass is 19.1. The third kappa shape index (κ3) is 4.49. The molecule has 178 valence electrons. The summed E-state index contributed by atoms with van der Waals surface area (Å²) >= 11 is 0. The van der Waals surface area contributed by atoms with Crippen molar-refractivity contribution in [1.82, 2.24) is 10.1 Å². The topological polar surface area (TPSA) is 116 Å². The van der Waals surface area contributed by atoms with E-state index < -0.39 is 11.8 Å². The van der Waals surface area contributed by atoms with Crippen LogP contribution in [-0.4, -0.2) is 36.3 Å². The van der Waals surface area contributed by atoms with Crippen molar-refractivity contribution in [2.75, 3.05) is 39.8 Å². The van der Waals surface area contributed by atoms with Crippen LogP contribution in [0.25, 0.3) is 0 Å². The number of pyridine rings is 1. The number of urea groups is 2. The van der Waals surface area contributed by atoms with Gasteiger partial charge in [0.1, 0.15) is 11.6 Å². The molecule has 0 aliphatic carbocycles. The zero-order chi connectivity index (χ0) is 24.6. The number of hydrogen-bond donors (Lipinski definition) is 3. The van der Waals surface area contributed by atoms with E-state index in [1.807, 2.05) is 20.8 Å². The van der Waals surface area contributed by atoms with Crippen molar-refractivity contribution in [2.45, 2.75) is 32.7 Å². The zero-order valence-electron chi connectivity index (χ0n) is 19.6. The molecule has 34 heavy (non-hydrogen) atoms. The lowest BCUT2D eigenvalue weighted by atomic mass is 9.92. The van der Waals surface area contributed by atoms with Crippen LogP contribution in [0.4, 0.5) is 42.7 Å². The van der Waals surface area contributed by atoms with E-state index in [0.717, 1.165) is 11.3 Å². The first-order chi connectivity index (χ1) is 16.1. The Morgan fingerprint density at radius 3 is 2.62 bits per heavy atom. The number of hydrogen-bond acceptors (Lipinski definition) is 6. The van der Waals surface area contributed by atoms with Gasteiger partial charge in [0.15, 0.2) is 0 Å². The molecule has 0 bridgehead atoms. The molecule has 3 N–H and O–H groups in total. The largest absolute Gasteiger partial charge is 0.373 e. The molecular formula is C23H26FN7O3. The highest BCUT2D eigenvalue weighted by Crippen LogP contribution is 2.33. The van der Waals surface area contributed by atoms with Crippen molar-refractivity contribution >= 4 is 40.8 Å². The summed E-state index contributed by atoms with van der Waals surface area (Å²) in [5.41, 5.74) is 2.32. The maximum Gasteiger partial charge on any atom is 0.329 e. The van der Waals surface area contributed by atoms with Crippen LogP contribution in [0, 0.1) is 5.82 Å². The Balaban J connectivity index is 1.53. The second kappa shape index (κ2) is 8.65. The lowest BCUT2D eigenvalue weighted by molar-refractivity contribution is 0.251. The van der Waals surface area contributed by atoms with Crippen LogP contribution in [0.3, 0.4) is 0 Å². The Labute approximate surface area is 196 Å². The van der Waals surface area contributed by atoms with E-state index in [-0.39, 0.29) is 29.6 Å². The predicted molar refractivity (Wildman–Crippen MR) is 128 cm³/mol. The smallest absolute Gasteiger partial charge is 0.329 e. The van der Waals surface area contributed by atoms with Gasteiger partial charge in [-0.2, -0.15) is 0 Å².